The fraction of sp³-hybridized carbons (Fsp3) is 0.238. The number of methoxy groups -OCH3 is 4. The number of fused-ring (bicyclic) bond motifs is 1. The first-order chi connectivity index (χ1) is 14.4. The van der Waals surface area contributed by atoms with Crippen molar-refractivity contribution in [3.05, 3.63) is 34.5 Å². The second kappa shape index (κ2) is 8.24. The van der Waals surface area contributed by atoms with E-state index < -0.39 is 11.4 Å². The third-order valence-electron chi connectivity index (χ3n) is 4.33. The van der Waals surface area contributed by atoms with Gasteiger partial charge in [0.15, 0.2) is 28.8 Å². The van der Waals surface area contributed by atoms with Crippen LogP contribution >= 0.6 is 0 Å². The standard InChI is InChI=1S/C21H20O9/c1-10(22)29-19-15(26-3)9-14-16(20(19)27-4)17(24)21(28-5)18(30-14)11-6-7-12(23)13(8-11)25-2/h6-9,23H,1-5H3. The van der Waals surface area contributed by atoms with Gasteiger partial charge in [-0.3, -0.25) is 9.59 Å². The maximum Gasteiger partial charge on any atom is 0.308 e. The van der Waals surface area contributed by atoms with Crippen molar-refractivity contribution in [2.45, 2.75) is 6.92 Å². The van der Waals surface area contributed by atoms with E-state index >= 15 is 0 Å². The highest BCUT2D eigenvalue weighted by atomic mass is 16.6. The molecule has 3 rings (SSSR count). The smallest absolute Gasteiger partial charge is 0.308 e. The van der Waals surface area contributed by atoms with Gasteiger partial charge >= 0.3 is 5.97 Å². The number of phenols is 1. The predicted molar refractivity (Wildman–Crippen MR) is 107 cm³/mol. The number of hydrogen-bond donors (Lipinski definition) is 1. The summed E-state index contributed by atoms with van der Waals surface area (Å²) in [6, 6.07) is 5.87. The predicted octanol–water partition coefficient (Wildman–Crippen LogP) is 3.13. The quantitative estimate of drug-likeness (QED) is 0.478. The Balaban J connectivity index is 2.41. The lowest BCUT2D eigenvalue weighted by atomic mass is 10.1. The van der Waals surface area contributed by atoms with Gasteiger partial charge in [0.05, 0.1) is 28.4 Å². The van der Waals surface area contributed by atoms with E-state index in [-0.39, 0.29) is 51.2 Å². The first-order valence-electron chi connectivity index (χ1n) is 8.71. The summed E-state index contributed by atoms with van der Waals surface area (Å²) in [6.07, 6.45) is 0. The van der Waals surface area contributed by atoms with Crippen molar-refractivity contribution in [3.63, 3.8) is 0 Å². The van der Waals surface area contributed by atoms with Crippen LogP contribution in [0.2, 0.25) is 0 Å². The van der Waals surface area contributed by atoms with Gasteiger partial charge in [-0.2, -0.15) is 0 Å². The lowest BCUT2D eigenvalue weighted by Gasteiger charge is -2.16. The van der Waals surface area contributed by atoms with Crippen LogP contribution in [0.1, 0.15) is 6.92 Å². The zero-order valence-electron chi connectivity index (χ0n) is 17.0. The number of ether oxygens (including phenoxy) is 5. The van der Waals surface area contributed by atoms with Crippen LogP contribution in [0.25, 0.3) is 22.3 Å². The monoisotopic (exact) mass is 416 g/mol. The molecule has 0 radical (unpaired) electrons. The molecular weight excluding hydrogens is 396 g/mol. The molecular formula is C21H20O9. The fourth-order valence-electron chi connectivity index (χ4n) is 3.04. The van der Waals surface area contributed by atoms with Crippen LogP contribution in [-0.2, 0) is 4.79 Å². The van der Waals surface area contributed by atoms with E-state index in [0.29, 0.717) is 5.56 Å². The van der Waals surface area contributed by atoms with Crippen molar-refractivity contribution in [3.8, 4) is 45.8 Å². The molecule has 158 valence electrons. The van der Waals surface area contributed by atoms with E-state index in [2.05, 4.69) is 0 Å². The third-order valence-corrected chi connectivity index (χ3v) is 4.33. The molecule has 0 aliphatic carbocycles. The average molecular weight is 416 g/mol. The van der Waals surface area contributed by atoms with E-state index in [9.17, 15) is 14.7 Å². The first kappa shape index (κ1) is 20.8. The van der Waals surface area contributed by atoms with E-state index in [0.717, 1.165) is 0 Å². The maximum absolute atomic E-state index is 13.3. The molecule has 9 heteroatoms. The molecule has 30 heavy (non-hydrogen) atoms. The molecule has 0 atom stereocenters. The van der Waals surface area contributed by atoms with Crippen LogP contribution in [0.15, 0.2) is 33.5 Å². The molecule has 0 aliphatic heterocycles. The molecule has 0 saturated carbocycles. The number of carbonyl (C=O) groups excluding carboxylic acids is 1. The maximum atomic E-state index is 13.3. The number of carbonyl (C=O) groups is 1. The molecule has 1 N–H and O–H groups in total. The van der Waals surface area contributed by atoms with Crippen molar-refractivity contribution in [2.75, 3.05) is 28.4 Å². The Hall–Kier alpha value is -3.88. The number of aromatic hydroxyl groups is 1. The van der Waals surface area contributed by atoms with Crippen molar-refractivity contribution in [2.24, 2.45) is 0 Å². The van der Waals surface area contributed by atoms with E-state index in [1.54, 1.807) is 6.07 Å². The Labute approximate surface area is 171 Å². The molecule has 3 aromatic rings. The summed E-state index contributed by atoms with van der Waals surface area (Å²) < 4.78 is 32.3. The van der Waals surface area contributed by atoms with Crippen molar-refractivity contribution >= 4 is 16.9 Å². The summed E-state index contributed by atoms with van der Waals surface area (Å²) in [5.74, 6) is -0.428. The van der Waals surface area contributed by atoms with Gasteiger partial charge in [-0.1, -0.05) is 0 Å². The molecule has 0 bridgehead atoms. The van der Waals surface area contributed by atoms with E-state index in [1.165, 1.54) is 53.6 Å². The summed E-state index contributed by atoms with van der Waals surface area (Å²) in [5, 5.41) is 9.87. The lowest BCUT2D eigenvalue weighted by molar-refractivity contribution is -0.132. The highest BCUT2D eigenvalue weighted by Crippen LogP contribution is 2.45. The zero-order chi connectivity index (χ0) is 22.0. The molecule has 0 saturated heterocycles. The Morgan fingerprint density at radius 3 is 2.13 bits per heavy atom. The zero-order valence-corrected chi connectivity index (χ0v) is 17.0. The number of phenolic OH excluding ortho intramolecular Hbond substituents is 1. The second-order valence-corrected chi connectivity index (χ2v) is 6.09. The van der Waals surface area contributed by atoms with Crippen LogP contribution in [0.4, 0.5) is 0 Å². The Morgan fingerprint density at radius 2 is 1.57 bits per heavy atom. The topological polar surface area (TPSA) is 114 Å². The van der Waals surface area contributed by atoms with Crippen LogP contribution in [-0.4, -0.2) is 39.5 Å². The van der Waals surface area contributed by atoms with Gasteiger partial charge in [0, 0.05) is 18.6 Å². The molecule has 0 spiro atoms. The number of esters is 1. The summed E-state index contributed by atoms with van der Waals surface area (Å²) in [7, 11) is 5.42. The first-order valence-corrected chi connectivity index (χ1v) is 8.71. The minimum absolute atomic E-state index is 0.0147. The summed E-state index contributed by atoms with van der Waals surface area (Å²) in [5.41, 5.74) is 0.00337. The lowest BCUT2D eigenvalue weighted by Crippen LogP contribution is -2.11. The van der Waals surface area contributed by atoms with Gasteiger partial charge in [-0.25, -0.2) is 0 Å². The van der Waals surface area contributed by atoms with Crippen LogP contribution in [0.5, 0.6) is 34.5 Å². The highest BCUT2D eigenvalue weighted by Gasteiger charge is 2.26. The van der Waals surface area contributed by atoms with Gasteiger partial charge in [-0.15, -0.1) is 0 Å². The fourth-order valence-corrected chi connectivity index (χ4v) is 3.04. The second-order valence-electron chi connectivity index (χ2n) is 6.09. The van der Waals surface area contributed by atoms with Crippen LogP contribution < -0.4 is 29.1 Å². The summed E-state index contributed by atoms with van der Waals surface area (Å²) in [4.78, 5) is 24.8. The Morgan fingerprint density at radius 1 is 0.900 bits per heavy atom. The minimum Gasteiger partial charge on any atom is -0.504 e. The van der Waals surface area contributed by atoms with Gasteiger partial charge in [0.2, 0.25) is 16.9 Å². The van der Waals surface area contributed by atoms with Crippen LogP contribution in [0.3, 0.4) is 0 Å². The van der Waals surface area contributed by atoms with Crippen molar-refractivity contribution in [1.82, 2.24) is 0 Å². The SMILES string of the molecule is COc1cc(-c2oc3cc(OC)c(OC(C)=O)c(OC)c3c(=O)c2OC)ccc1O. The summed E-state index contributed by atoms with van der Waals surface area (Å²) in [6.45, 7) is 1.22. The molecule has 1 heterocycles. The molecule has 0 aliphatic rings. The number of hydrogen-bond acceptors (Lipinski definition) is 9. The van der Waals surface area contributed by atoms with Crippen molar-refractivity contribution < 1.29 is 38.0 Å². The van der Waals surface area contributed by atoms with Gasteiger partial charge in [0.25, 0.3) is 0 Å². The van der Waals surface area contributed by atoms with Crippen molar-refractivity contribution in [1.29, 1.82) is 0 Å². The van der Waals surface area contributed by atoms with E-state index in [1.807, 2.05) is 0 Å². The van der Waals surface area contributed by atoms with Gasteiger partial charge in [0.1, 0.15) is 11.0 Å². The van der Waals surface area contributed by atoms with Gasteiger partial charge < -0.3 is 33.2 Å². The Kier molecular flexibility index (Phi) is 5.72. The largest absolute Gasteiger partial charge is 0.504 e. The molecule has 0 unspecified atom stereocenters. The number of rotatable bonds is 6. The van der Waals surface area contributed by atoms with Gasteiger partial charge in [-0.05, 0) is 18.2 Å². The highest BCUT2D eigenvalue weighted by molar-refractivity contribution is 5.93. The Bertz CT molecular complexity index is 1180. The molecule has 2 aromatic carbocycles. The third kappa shape index (κ3) is 3.45. The molecule has 1 aromatic heterocycles. The normalized spacial score (nSPS) is 10.6. The molecule has 0 fully saturated rings. The van der Waals surface area contributed by atoms with Crippen LogP contribution in [0, 0.1) is 0 Å². The van der Waals surface area contributed by atoms with E-state index in [4.69, 9.17) is 28.1 Å². The molecule has 0 amide bonds. The number of benzene rings is 2. The average Bonchev–Trinajstić information content (AvgIpc) is 2.73. The summed E-state index contributed by atoms with van der Waals surface area (Å²) >= 11 is 0. The molecule has 9 nitrogen and oxygen atoms in total. The minimum atomic E-state index is -0.616.